The molecular weight excluding hydrogens is 222 g/mol. The Morgan fingerprint density at radius 3 is 2.11 bits per heavy atom. The molecule has 0 heterocycles. The molecule has 0 spiro atoms. The molecule has 1 N–H and O–H groups in total. The molecule has 0 bridgehead atoms. The number of rotatable bonds is 11. The highest BCUT2D eigenvalue weighted by Crippen LogP contribution is 2.04. The molecule has 0 aromatic heterocycles. The minimum absolute atomic E-state index is 0.654. The van der Waals surface area contributed by atoms with Crippen LogP contribution in [0.3, 0.4) is 0 Å². The second-order valence-corrected chi connectivity index (χ2v) is 6.00. The van der Waals surface area contributed by atoms with Crippen molar-refractivity contribution in [2.45, 2.75) is 46.6 Å². The number of hydrogen-bond donors (Lipinski definition) is 1. The fourth-order valence-corrected chi connectivity index (χ4v) is 2.32. The van der Waals surface area contributed by atoms with Gasteiger partial charge in [-0.15, -0.1) is 0 Å². The van der Waals surface area contributed by atoms with Gasteiger partial charge >= 0.3 is 0 Å². The van der Waals surface area contributed by atoms with Crippen LogP contribution in [0.25, 0.3) is 0 Å². The highest BCUT2D eigenvalue weighted by atomic mass is 15.2. The van der Waals surface area contributed by atoms with Gasteiger partial charge in [-0.25, -0.2) is 0 Å². The lowest BCUT2D eigenvalue weighted by molar-refractivity contribution is 0.195. The Morgan fingerprint density at radius 1 is 1.00 bits per heavy atom. The standard InChI is InChI=1S/C15H35N3/c1-7-9-15(16-8-2)13-18(12-14(3)4)11-10-17(5)6/h14-16H,7-13H2,1-6H3. The molecule has 0 aliphatic carbocycles. The molecule has 0 aromatic rings. The van der Waals surface area contributed by atoms with Crippen molar-refractivity contribution >= 4 is 0 Å². The number of nitrogens with one attached hydrogen (secondary N) is 1. The van der Waals surface area contributed by atoms with Crippen molar-refractivity contribution in [1.29, 1.82) is 0 Å². The lowest BCUT2D eigenvalue weighted by Gasteiger charge is -2.30. The summed E-state index contributed by atoms with van der Waals surface area (Å²) in [6, 6.07) is 0.654. The van der Waals surface area contributed by atoms with Crippen LogP contribution >= 0.6 is 0 Å². The summed E-state index contributed by atoms with van der Waals surface area (Å²) in [4.78, 5) is 4.89. The monoisotopic (exact) mass is 257 g/mol. The van der Waals surface area contributed by atoms with Crippen molar-refractivity contribution in [3.05, 3.63) is 0 Å². The van der Waals surface area contributed by atoms with Crippen molar-refractivity contribution in [3.63, 3.8) is 0 Å². The maximum Gasteiger partial charge on any atom is 0.0194 e. The molecule has 0 aliphatic heterocycles. The molecule has 0 amide bonds. The summed E-state index contributed by atoms with van der Waals surface area (Å²) in [7, 11) is 4.31. The fourth-order valence-electron chi connectivity index (χ4n) is 2.32. The van der Waals surface area contributed by atoms with Gasteiger partial charge in [0, 0.05) is 32.2 Å². The molecule has 0 saturated heterocycles. The molecule has 0 rings (SSSR count). The Morgan fingerprint density at radius 2 is 1.67 bits per heavy atom. The van der Waals surface area contributed by atoms with Crippen LogP contribution in [0.5, 0.6) is 0 Å². The van der Waals surface area contributed by atoms with Crippen molar-refractivity contribution < 1.29 is 0 Å². The summed E-state index contributed by atoms with van der Waals surface area (Å²) in [5.74, 6) is 0.746. The van der Waals surface area contributed by atoms with Crippen LogP contribution in [0.4, 0.5) is 0 Å². The Labute approximate surface area is 115 Å². The Kier molecular flexibility index (Phi) is 10.7. The second kappa shape index (κ2) is 10.8. The van der Waals surface area contributed by atoms with E-state index in [0.29, 0.717) is 6.04 Å². The molecule has 1 unspecified atom stereocenters. The molecule has 0 aliphatic rings. The van der Waals surface area contributed by atoms with Crippen LogP contribution in [0.15, 0.2) is 0 Å². The first kappa shape index (κ1) is 17.9. The van der Waals surface area contributed by atoms with E-state index >= 15 is 0 Å². The van der Waals surface area contributed by atoms with Crippen LogP contribution in [0, 0.1) is 5.92 Å². The van der Waals surface area contributed by atoms with E-state index in [9.17, 15) is 0 Å². The second-order valence-electron chi connectivity index (χ2n) is 6.00. The van der Waals surface area contributed by atoms with Crippen LogP contribution < -0.4 is 5.32 Å². The van der Waals surface area contributed by atoms with E-state index in [1.807, 2.05) is 0 Å². The lowest BCUT2D eigenvalue weighted by atomic mass is 10.1. The molecule has 0 saturated carbocycles. The van der Waals surface area contributed by atoms with Gasteiger partial charge in [0.15, 0.2) is 0 Å². The zero-order valence-corrected chi connectivity index (χ0v) is 13.5. The van der Waals surface area contributed by atoms with Gasteiger partial charge in [0.25, 0.3) is 0 Å². The van der Waals surface area contributed by atoms with Crippen molar-refractivity contribution in [1.82, 2.24) is 15.1 Å². The van der Waals surface area contributed by atoms with Gasteiger partial charge in [0.05, 0.1) is 0 Å². The maximum atomic E-state index is 3.62. The highest BCUT2D eigenvalue weighted by molar-refractivity contribution is 4.73. The van der Waals surface area contributed by atoms with E-state index in [0.717, 1.165) is 19.0 Å². The Hall–Kier alpha value is -0.120. The van der Waals surface area contributed by atoms with Gasteiger partial charge < -0.3 is 15.1 Å². The third-order valence-corrected chi connectivity index (χ3v) is 3.10. The van der Waals surface area contributed by atoms with E-state index in [-0.39, 0.29) is 0 Å². The predicted octanol–water partition coefficient (Wildman–Crippen LogP) is 2.28. The average molecular weight is 257 g/mol. The smallest absolute Gasteiger partial charge is 0.0194 e. The zero-order chi connectivity index (χ0) is 14.0. The minimum atomic E-state index is 0.654. The Balaban J connectivity index is 4.24. The van der Waals surface area contributed by atoms with Gasteiger partial charge in [-0.1, -0.05) is 34.1 Å². The Bertz CT molecular complexity index is 175. The maximum absolute atomic E-state index is 3.62. The summed E-state index contributed by atoms with van der Waals surface area (Å²) >= 11 is 0. The minimum Gasteiger partial charge on any atom is -0.313 e. The normalized spacial score (nSPS) is 13.8. The van der Waals surface area contributed by atoms with Gasteiger partial charge in [-0.05, 0) is 33.0 Å². The topological polar surface area (TPSA) is 18.5 Å². The molecule has 0 fully saturated rings. The first-order valence-electron chi connectivity index (χ1n) is 7.60. The first-order chi connectivity index (χ1) is 8.49. The molecule has 3 heteroatoms. The molecule has 0 aromatic carbocycles. The zero-order valence-electron chi connectivity index (χ0n) is 13.5. The third kappa shape index (κ3) is 9.86. The SMILES string of the molecule is CCCC(CN(CCN(C)C)CC(C)C)NCC. The molecule has 18 heavy (non-hydrogen) atoms. The quantitative estimate of drug-likeness (QED) is 0.613. The number of hydrogen-bond acceptors (Lipinski definition) is 3. The van der Waals surface area contributed by atoms with E-state index in [4.69, 9.17) is 0 Å². The van der Waals surface area contributed by atoms with Gasteiger partial charge in [0.2, 0.25) is 0 Å². The van der Waals surface area contributed by atoms with E-state index in [2.05, 4.69) is 56.9 Å². The third-order valence-electron chi connectivity index (χ3n) is 3.10. The van der Waals surface area contributed by atoms with Gasteiger partial charge in [0.1, 0.15) is 0 Å². The van der Waals surface area contributed by atoms with Crippen LogP contribution in [0.1, 0.15) is 40.5 Å². The molecule has 1 atom stereocenters. The molecule has 0 radical (unpaired) electrons. The van der Waals surface area contributed by atoms with Gasteiger partial charge in [-0.2, -0.15) is 0 Å². The first-order valence-corrected chi connectivity index (χ1v) is 7.60. The summed E-state index contributed by atoms with van der Waals surface area (Å²) in [6.07, 6.45) is 2.55. The van der Waals surface area contributed by atoms with E-state index in [1.54, 1.807) is 0 Å². The fraction of sp³-hybridized carbons (Fsp3) is 1.00. The number of nitrogens with zero attached hydrogens (tertiary/aromatic N) is 2. The van der Waals surface area contributed by atoms with E-state index in [1.165, 1.54) is 32.5 Å². The van der Waals surface area contributed by atoms with Crippen molar-refractivity contribution in [2.24, 2.45) is 5.92 Å². The molecule has 110 valence electrons. The molecule has 3 nitrogen and oxygen atoms in total. The predicted molar refractivity (Wildman–Crippen MR) is 82.2 cm³/mol. The summed E-state index contributed by atoms with van der Waals surface area (Å²) in [5, 5.41) is 3.62. The number of likely N-dealkylation sites (N-methyl/N-ethyl adjacent to an activating group) is 2. The highest BCUT2D eigenvalue weighted by Gasteiger charge is 2.14. The summed E-state index contributed by atoms with van der Waals surface area (Å²) < 4.78 is 0. The van der Waals surface area contributed by atoms with Crippen molar-refractivity contribution in [2.75, 3.05) is 46.8 Å². The van der Waals surface area contributed by atoms with Crippen LogP contribution in [-0.2, 0) is 0 Å². The largest absolute Gasteiger partial charge is 0.313 e. The van der Waals surface area contributed by atoms with Gasteiger partial charge in [-0.3, -0.25) is 0 Å². The van der Waals surface area contributed by atoms with Crippen molar-refractivity contribution in [3.8, 4) is 0 Å². The molecular formula is C15H35N3. The van der Waals surface area contributed by atoms with Crippen LogP contribution in [-0.4, -0.2) is 62.7 Å². The van der Waals surface area contributed by atoms with Crippen LogP contribution in [0.2, 0.25) is 0 Å². The summed E-state index contributed by atoms with van der Waals surface area (Å²) in [6.45, 7) is 14.9. The summed E-state index contributed by atoms with van der Waals surface area (Å²) in [5.41, 5.74) is 0. The average Bonchev–Trinajstić information content (AvgIpc) is 2.25. The van der Waals surface area contributed by atoms with E-state index < -0.39 is 0 Å². The lowest BCUT2D eigenvalue weighted by Crippen LogP contribution is -2.44.